The number of nitrogens with one attached hydrogen (secondary N) is 2. The van der Waals surface area contributed by atoms with Crippen molar-refractivity contribution < 1.29 is 23.1 Å². The molecule has 1 fully saturated rings. The highest BCUT2D eigenvalue weighted by molar-refractivity contribution is 6.32. The third kappa shape index (κ3) is 4.09. The number of nitrogens with zero attached hydrogens (tertiary/aromatic N) is 2. The summed E-state index contributed by atoms with van der Waals surface area (Å²) >= 11 is 6.06. The Bertz CT molecular complexity index is 824. The number of rotatable bonds is 3. The number of nitriles is 1. The highest BCUT2D eigenvalue weighted by Crippen LogP contribution is 2.32. The zero-order valence-electron chi connectivity index (χ0n) is 13.9. The fourth-order valence-electron chi connectivity index (χ4n) is 3.14. The lowest BCUT2D eigenvalue weighted by Crippen LogP contribution is -3.13. The number of alkyl halides is 3. The molecule has 0 bridgehead atoms. The van der Waals surface area contributed by atoms with Crippen molar-refractivity contribution in [1.82, 2.24) is 0 Å². The first kappa shape index (κ1) is 18.5. The lowest BCUT2D eigenvalue weighted by molar-refractivity contribution is -0.914. The van der Waals surface area contributed by atoms with Gasteiger partial charge < -0.3 is 4.90 Å². The van der Waals surface area contributed by atoms with Crippen molar-refractivity contribution in [2.24, 2.45) is 0 Å². The highest BCUT2D eigenvalue weighted by Gasteiger charge is 2.35. The fourth-order valence-corrected chi connectivity index (χ4v) is 3.44. The molecule has 2 aromatic rings. The first-order chi connectivity index (χ1) is 12.4. The number of aromatic amines is 1. The zero-order chi connectivity index (χ0) is 18.7. The summed E-state index contributed by atoms with van der Waals surface area (Å²) in [4.78, 5) is 5.97. The van der Waals surface area contributed by atoms with E-state index in [0.717, 1.165) is 37.5 Å². The van der Waals surface area contributed by atoms with Crippen molar-refractivity contribution in [3.05, 3.63) is 58.2 Å². The van der Waals surface area contributed by atoms with Crippen LogP contribution in [0.1, 0.15) is 16.7 Å². The Kier molecular flexibility index (Phi) is 5.35. The number of anilines is 1. The summed E-state index contributed by atoms with van der Waals surface area (Å²) in [6.07, 6.45) is -3.47. The summed E-state index contributed by atoms with van der Waals surface area (Å²) < 4.78 is 38.2. The Morgan fingerprint density at radius 1 is 1.23 bits per heavy atom. The third-order valence-corrected chi connectivity index (χ3v) is 4.85. The minimum atomic E-state index is -4.42. The molecule has 8 heteroatoms. The molecular formula is C18H18ClF3N4+2. The predicted octanol–water partition coefficient (Wildman–Crippen LogP) is 1.95. The predicted molar refractivity (Wildman–Crippen MR) is 90.8 cm³/mol. The van der Waals surface area contributed by atoms with Crippen LogP contribution in [0.25, 0.3) is 0 Å². The molecule has 0 unspecified atom stereocenters. The topological polar surface area (TPSA) is 45.6 Å². The van der Waals surface area contributed by atoms with Crippen LogP contribution in [0, 0.1) is 11.3 Å². The number of H-pyrrole nitrogens is 1. The van der Waals surface area contributed by atoms with Gasteiger partial charge in [-0.1, -0.05) is 29.8 Å². The standard InChI is InChI=1S/C18H16ClF3N4/c19-16-9-15(18(20,21)22)11-24-17(16)26-7-5-25(6-8-26)12-14-4-2-1-3-13(14)10-23/h1-4,9,11H,5-8,12H2/p+2. The van der Waals surface area contributed by atoms with E-state index in [0.29, 0.717) is 24.5 Å². The first-order valence-corrected chi connectivity index (χ1v) is 8.61. The summed E-state index contributed by atoms with van der Waals surface area (Å²) in [6, 6.07) is 10.7. The van der Waals surface area contributed by atoms with Crippen molar-refractivity contribution >= 4 is 17.4 Å². The van der Waals surface area contributed by atoms with E-state index in [-0.39, 0.29) is 5.02 Å². The smallest absolute Gasteiger partial charge is 0.325 e. The van der Waals surface area contributed by atoms with Crippen LogP contribution < -0.4 is 14.8 Å². The molecule has 2 heterocycles. The molecule has 1 saturated heterocycles. The Morgan fingerprint density at radius 2 is 1.92 bits per heavy atom. The van der Waals surface area contributed by atoms with E-state index in [1.807, 2.05) is 29.2 Å². The SMILES string of the molecule is N#Cc1ccccc1C[NH+]1CCN(c2[nH+]cc(C(F)(F)F)cc2Cl)CC1. The van der Waals surface area contributed by atoms with Crippen LogP contribution in [-0.4, -0.2) is 26.2 Å². The van der Waals surface area contributed by atoms with Crippen molar-refractivity contribution in [3.8, 4) is 6.07 Å². The molecule has 136 valence electrons. The number of benzene rings is 1. The zero-order valence-corrected chi connectivity index (χ0v) is 14.7. The number of hydrogen-bond donors (Lipinski definition) is 1. The van der Waals surface area contributed by atoms with E-state index >= 15 is 0 Å². The molecule has 2 N–H and O–H groups in total. The summed E-state index contributed by atoms with van der Waals surface area (Å²) in [6.45, 7) is 3.72. The van der Waals surface area contributed by atoms with Crippen LogP contribution in [0.15, 0.2) is 36.5 Å². The van der Waals surface area contributed by atoms with Gasteiger partial charge in [0.2, 0.25) is 0 Å². The maximum absolute atomic E-state index is 12.7. The molecule has 0 radical (unpaired) electrons. The van der Waals surface area contributed by atoms with Gasteiger partial charge in [0.1, 0.15) is 43.9 Å². The number of piperazine rings is 1. The monoisotopic (exact) mass is 382 g/mol. The molecule has 0 amide bonds. The maximum Gasteiger partial charge on any atom is 0.419 e. The van der Waals surface area contributed by atoms with E-state index < -0.39 is 11.7 Å². The number of halogens is 4. The van der Waals surface area contributed by atoms with Gasteiger partial charge in [-0.3, -0.25) is 0 Å². The average Bonchev–Trinajstić information content (AvgIpc) is 2.62. The number of pyridine rings is 1. The van der Waals surface area contributed by atoms with Crippen LogP contribution in [0.3, 0.4) is 0 Å². The molecule has 26 heavy (non-hydrogen) atoms. The fraction of sp³-hybridized carbons (Fsp3) is 0.333. The molecular weight excluding hydrogens is 365 g/mol. The Labute approximate surface area is 154 Å². The van der Waals surface area contributed by atoms with E-state index in [1.165, 1.54) is 4.90 Å². The summed E-state index contributed by atoms with van der Waals surface area (Å²) in [5.74, 6) is 0.510. The van der Waals surface area contributed by atoms with Gasteiger partial charge in [0.25, 0.3) is 5.82 Å². The van der Waals surface area contributed by atoms with Crippen LogP contribution in [-0.2, 0) is 12.7 Å². The van der Waals surface area contributed by atoms with Crippen LogP contribution in [0.5, 0.6) is 0 Å². The Balaban J connectivity index is 1.65. The second-order valence-corrected chi connectivity index (χ2v) is 6.67. The minimum Gasteiger partial charge on any atom is -0.325 e. The maximum atomic E-state index is 12.7. The molecule has 1 aromatic heterocycles. The van der Waals surface area contributed by atoms with E-state index in [1.54, 1.807) is 0 Å². The molecule has 0 aliphatic carbocycles. The average molecular weight is 383 g/mol. The Hall–Kier alpha value is -2.30. The number of quaternary nitrogens is 1. The highest BCUT2D eigenvalue weighted by atomic mass is 35.5. The molecule has 3 rings (SSSR count). The minimum absolute atomic E-state index is 0.0677. The van der Waals surface area contributed by atoms with Crippen molar-refractivity contribution in [3.63, 3.8) is 0 Å². The van der Waals surface area contributed by atoms with Gasteiger partial charge in [-0.15, -0.1) is 0 Å². The molecule has 1 aliphatic rings. The normalized spacial score (nSPS) is 15.7. The lowest BCUT2D eigenvalue weighted by Gasteiger charge is -2.29. The van der Waals surface area contributed by atoms with Gasteiger partial charge in [0, 0.05) is 5.56 Å². The molecule has 1 aromatic carbocycles. The summed E-state index contributed by atoms with van der Waals surface area (Å²) in [7, 11) is 0. The van der Waals surface area contributed by atoms with Crippen molar-refractivity contribution in [2.75, 3.05) is 31.1 Å². The van der Waals surface area contributed by atoms with Crippen LogP contribution in [0.2, 0.25) is 5.02 Å². The summed E-state index contributed by atoms with van der Waals surface area (Å²) in [5, 5.41) is 9.25. The van der Waals surface area contributed by atoms with Crippen molar-refractivity contribution in [2.45, 2.75) is 12.7 Å². The molecule has 0 saturated carbocycles. The lowest BCUT2D eigenvalue weighted by atomic mass is 10.1. The Morgan fingerprint density at radius 3 is 2.54 bits per heavy atom. The van der Waals surface area contributed by atoms with Crippen molar-refractivity contribution in [1.29, 1.82) is 5.26 Å². The van der Waals surface area contributed by atoms with Gasteiger partial charge in [-0.05, 0) is 12.1 Å². The molecule has 0 atom stereocenters. The van der Waals surface area contributed by atoms with E-state index in [4.69, 9.17) is 11.6 Å². The summed E-state index contributed by atoms with van der Waals surface area (Å²) in [5.41, 5.74) is 0.905. The second-order valence-electron chi connectivity index (χ2n) is 6.27. The van der Waals surface area contributed by atoms with Gasteiger partial charge in [-0.25, -0.2) is 9.88 Å². The van der Waals surface area contributed by atoms with Gasteiger partial charge >= 0.3 is 6.18 Å². The van der Waals surface area contributed by atoms with Gasteiger partial charge in [0.15, 0.2) is 0 Å². The van der Waals surface area contributed by atoms with Crippen LogP contribution in [0.4, 0.5) is 19.0 Å². The third-order valence-electron chi connectivity index (χ3n) is 4.57. The first-order valence-electron chi connectivity index (χ1n) is 8.23. The van der Waals surface area contributed by atoms with Gasteiger partial charge in [-0.2, -0.15) is 18.4 Å². The number of aromatic nitrogens is 1. The molecule has 0 spiro atoms. The van der Waals surface area contributed by atoms with E-state index in [9.17, 15) is 18.4 Å². The van der Waals surface area contributed by atoms with Crippen LogP contribution >= 0.6 is 11.6 Å². The second kappa shape index (κ2) is 7.52. The largest absolute Gasteiger partial charge is 0.419 e. The quantitative estimate of drug-likeness (QED) is 0.882. The number of hydrogen-bond acceptors (Lipinski definition) is 2. The van der Waals surface area contributed by atoms with E-state index in [2.05, 4.69) is 11.1 Å². The molecule has 1 aliphatic heterocycles. The van der Waals surface area contributed by atoms with Gasteiger partial charge in [0.05, 0.1) is 17.2 Å². The molecule has 4 nitrogen and oxygen atoms in total.